The quantitative estimate of drug-likeness (QED) is 0.869. The molecule has 0 fully saturated rings. The van der Waals surface area contributed by atoms with Crippen LogP contribution in [0.2, 0.25) is 0 Å². The predicted octanol–water partition coefficient (Wildman–Crippen LogP) is 1.77. The average molecular weight is 306 g/mol. The number of phenolic OH excluding ortho intramolecular Hbond substituents is 1. The SMILES string of the molecule is CCCN(CCC)C(=O)CN1C(=O)COc2cc(O)ccc21. The van der Waals surface area contributed by atoms with Crippen LogP contribution in [0.15, 0.2) is 18.2 Å². The molecule has 0 bridgehead atoms. The first-order chi connectivity index (χ1) is 10.6. The molecule has 6 nitrogen and oxygen atoms in total. The molecule has 1 aromatic carbocycles. The van der Waals surface area contributed by atoms with Gasteiger partial charge in [0.1, 0.15) is 18.0 Å². The number of anilines is 1. The molecule has 1 aliphatic rings. The van der Waals surface area contributed by atoms with E-state index >= 15 is 0 Å². The largest absolute Gasteiger partial charge is 0.508 e. The van der Waals surface area contributed by atoms with Gasteiger partial charge in [0.15, 0.2) is 6.61 Å². The van der Waals surface area contributed by atoms with E-state index in [-0.39, 0.29) is 30.7 Å². The third-order valence-corrected chi connectivity index (χ3v) is 3.52. The van der Waals surface area contributed by atoms with Crippen LogP contribution in [-0.2, 0) is 9.59 Å². The highest BCUT2D eigenvalue weighted by Crippen LogP contribution is 2.34. The number of phenols is 1. The normalized spacial score (nSPS) is 13.5. The maximum atomic E-state index is 12.5. The van der Waals surface area contributed by atoms with Crippen molar-refractivity contribution in [1.82, 2.24) is 4.90 Å². The van der Waals surface area contributed by atoms with E-state index < -0.39 is 0 Å². The van der Waals surface area contributed by atoms with Gasteiger partial charge in [0.25, 0.3) is 5.91 Å². The van der Waals surface area contributed by atoms with Crippen LogP contribution in [0.3, 0.4) is 0 Å². The summed E-state index contributed by atoms with van der Waals surface area (Å²) < 4.78 is 5.31. The van der Waals surface area contributed by atoms with Gasteiger partial charge in [-0.1, -0.05) is 13.8 Å². The molecule has 2 amide bonds. The fraction of sp³-hybridized carbons (Fsp3) is 0.500. The number of carbonyl (C=O) groups excluding carboxylic acids is 2. The minimum absolute atomic E-state index is 0.0000312. The summed E-state index contributed by atoms with van der Waals surface area (Å²) in [4.78, 5) is 27.7. The van der Waals surface area contributed by atoms with Crippen molar-refractivity contribution in [3.63, 3.8) is 0 Å². The lowest BCUT2D eigenvalue weighted by Gasteiger charge is -2.31. The Kier molecular flexibility index (Phi) is 5.25. The fourth-order valence-corrected chi connectivity index (χ4v) is 2.50. The molecule has 1 N–H and O–H groups in total. The molecule has 2 rings (SSSR count). The first kappa shape index (κ1) is 16.1. The smallest absolute Gasteiger partial charge is 0.265 e. The number of nitrogens with zero attached hydrogens (tertiary/aromatic N) is 2. The standard InChI is InChI=1S/C16H22N2O4/c1-3-7-17(8-4-2)15(20)10-18-13-6-5-12(19)9-14(13)22-11-16(18)21/h5-6,9,19H,3-4,7-8,10-11H2,1-2H3. The Morgan fingerprint density at radius 2 is 2.00 bits per heavy atom. The highest BCUT2D eigenvalue weighted by Gasteiger charge is 2.28. The molecule has 1 heterocycles. The molecule has 120 valence electrons. The van der Waals surface area contributed by atoms with Crippen molar-refractivity contribution in [2.24, 2.45) is 0 Å². The number of carbonyl (C=O) groups is 2. The van der Waals surface area contributed by atoms with Gasteiger partial charge in [-0.25, -0.2) is 0 Å². The first-order valence-electron chi connectivity index (χ1n) is 7.60. The van der Waals surface area contributed by atoms with Crippen molar-refractivity contribution in [3.05, 3.63) is 18.2 Å². The summed E-state index contributed by atoms with van der Waals surface area (Å²) in [6.45, 7) is 5.30. The number of benzene rings is 1. The number of aromatic hydroxyl groups is 1. The van der Waals surface area contributed by atoms with Crippen LogP contribution >= 0.6 is 0 Å². The number of hydrogen-bond donors (Lipinski definition) is 1. The summed E-state index contributed by atoms with van der Waals surface area (Å²) >= 11 is 0. The van der Waals surface area contributed by atoms with Crippen molar-refractivity contribution in [1.29, 1.82) is 0 Å². The Hall–Kier alpha value is -2.24. The number of rotatable bonds is 6. The molecular formula is C16H22N2O4. The highest BCUT2D eigenvalue weighted by atomic mass is 16.5. The van der Waals surface area contributed by atoms with Gasteiger partial charge >= 0.3 is 0 Å². The Morgan fingerprint density at radius 1 is 1.32 bits per heavy atom. The van der Waals surface area contributed by atoms with E-state index in [1.165, 1.54) is 17.0 Å². The Balaban J connectivity index is 2.18. The van der Waals surface area contributed by atoms with Gasteiger partial charge in [0.05, 0.1) is 5.69 Å². The van der Waals surface area contributed by atoms with Crippen molar-refractivity contribution in [3.8, 4) is 11.5 Å². The molecule has 0 aromatic heterocycles. The van der Waals surface area contributed by atoms with Gasteiger partial charge < -0.3 is 14.7 Å². The van der Waals surface area contributed by atoms with E-state index in [9.17, 15) is 14.7 Å². The van der Waals surface area contributed by atoms with Gasteiger partial charge in [-0.05, 0) is 25.0 Å². The second kappa shape index (κ2) is 7.15. The summed E-state index contributed by atoms with van der Waals surface area (Å²) in [5.74, 6) is 0.167. The number of amides is 2. The molecule has 0 saturated heterocycles. The predicted molar refractivity (Wildman–Crippen MR) is 83.1 cm³/mol. The van der Waals surface area contributed by atoms with Crippen LogP contribution in [-0.4, -0.2) is 48.1 Å². The van der Waals surface area contributed by atoms with Gasteiger partial charge in [0, 0.05) is 19.2 Å². The minimum Gasteiger partial charge on any atom is -0.508 e. The topological polar surface area (TPSA) is 70.1 Å². The number of hydrogen-bond acceptors (Lipinski definition) is 4. The van der Waals surface area contributed by atoms with Gasteiger partial charge in [-0.3, -0.25) is 14.5 Å². The zero-order valence-corrected chi connectivity index (χ0v) is 13.0. The van der Waals surface area contributed by atoms with Crippen LogP contribution < -0.4 is 9.64 Å². The molecule has 0 spiro atoms. The summed E-state index contributed by atoms with van der Waals surface area (Å²) in [5, 5.41) is 9.49. The van der Waals surface area contributed by atoms with E-state index in [0.29, 0.717) is 24.5 Å². The lowest BCUT2D eigenvalue weighted by molar-refractivity contribution is -0.132. The molecular weight excluding hydrogens is 284 g/mol. The van der Waals surface area contributed by atoms with Gasteiger partial charge in [-0.2, -0.15) is 0 Å². The van der Waals surface area contributed by atoms with E-state index in [2.05, 4.69) is 0 Å². The molecule has 22 heavy (non-hydrogen) atoms. The van der Waals surface area contributed by atoms with E-state index in [1.54, 1.807) is 11.0 Å². The van der Waals surface area contributed by atoms with Crippen molar-refractivity contribution in [2.75, 3.05) is 31.1 Å². The molecule has 1 aliphatic heterocycles. The summed E-state index contributed by atoms with van der Waals surface area (Å²) in [5.41, 5.74) is 0.523. The fourth-order valence-electron chi connectivity index (χ4n) is 2.50. The summed E-state index contributed by atoms with van der Waals surface area (Å²) in [6, 6.07) is 4.53. The van der Waals surface area contributed by atoms with Gasteiger partial charge in [0.2, 0.25) is 5.91 Å². The number of fused-ring (bicyclic) bond motifs is 1. The zero-order valence-electron chi connectivity index (χ0n) is 13.0. The number of ether oxygens (including phenoxy) is 1. The molecule has 1 aromatic rings. The molecule has 0 radical (unpaired) electrons. The molecule has 0 aliphatic carbocycles. The maximum Gasteiger partial charge on any atom is 0.265 e. The minimum atomic E-state index is -0.250. The van der Waals surface area contributed by atoms with Crippen molar-refractivity contribution >= 4 is 17.5 Å². The van der Waals surface area contributed by atoms with E-state index in [0.717, 1.165) is 12.8 Å². The lowest BCUT2D eigenvalue weighted by atomic mass is 10.2. The monoisotopic (exact) mass is 306 g/mol. The third-order valence-electron chi connectivity index (χ3n) is 3.52. The Bertz CT molecular complexity index is 553. The summed E-state index contributed by atoms with van der Waals surface area (Å²) in [6.07, 6.45) is 1.76. The zero-order chi connectivity index (χ0) is 16.1. The molecule has 0 saturated carbocycles. The third kappa shape index (κ3) is 3.50. The average Bonchev–Trinajstić information content (AvgIpc) is 2.49. The molecule has 0 unspecified atom stereocenters. The Labute approximate surface area is 130 Å². The second-order valence-corrected chi connectivity index (χ2v) is 5.30. The molecule has 0 atom stereocenters. The van der Waals surface area contributed by atoms with E-state index in [1.807, 2.05) is 13.8 Å². The van der Waals surface area contributed by atoms with Crippen molar-refractivity contribution < 1.29 is 19.4 Å². The van der Waals surface area contributed by atoms with Crippen molar-refractivity contribution in [2.45, 2.75) is 26.7 Å². The van der Waals surface area contributed by atoms with Crippen LogP contribution in [0.1, 0.15) is 26.7 Å². The first-order valence-corrected chi connectivity index (χ1v) is 7.60. The second-order valence-electron chi connectivity index (χ2n) is 5.30. The maximum absolute atomic E-state index is 12.5. The van der Waals surface area contributed by atoms with Gasteiger partial charge in [-0.15, -0.1) is 0 Å². The Morgan fingerprint density at radius 3 is 2.64 bits per heavy atom. The summed E-state index contributed by atoms with van der Waals surface area (Å²) in [7, 11) is 0. The van der Waals surface area contributed by atoms with E-state index in [4.69, 9.17) is 4.74 Å². The van der Waals surface area contributed by atoms with Crippen LogP contribution in [0.25, 0.3) is 0 Å². The molecule has 6 heteroatoms. The van der Waals surface area contributed by atoms with Crippen LogP contribution in [0, 0.1) is 0 Å². The van der Waals surface area contributed by atoms with Crippen LogP contribution in [0.4, 0.5) is 5.69 Å². The lowest BCUT2D eigenvalue weighted by Crippen LogP contribution is -2.46. The highest BCUT2D eigenvalue weighted by molar-refractivity contribution is 6.02. The van der Waals surface area contributed by atoms with Crippen LogP contribution in [0.5, 0.6) is 11.5 Å².